The molecule has 86 valence electrons. The van der Waals surface area contributed by atoms with E-state index >= 15 is 0 Å². The molecule has 1 fully saturated rings. The average Bonchev–Trinajstić information content (AvgIpc) is 3.11. The molecule has 16 heavy (non-hydrogen) atoms. The van der Waals surface area contributed by atoms with Gasteiger partial charge in [0.05, 0.1) is 0 Å². The highest BCUT2D eigenvalue weighted by Gasteiger charge is 2.28. The van der Waals surface area contributed by atoms with Crippen molar-refractivity contribution in [3.05, 3.63) is 35.9 Å². The van der Waals surface area contributed by atoms with Crippen molar-refractivity contribution in [3.63, 3.8) is 0 Å². The lowest BCUT2D eigenvalue weighted by Crippen LogP contribution is -2.41. The largest absolute Gasteiger partial charge is 0.360 e. The molecule has 0 unspecified atom stereocenters. The fraction of sp³-hybridized carbons (Fsp3) is 0.462. The maximum Gasteiger partial charge on any atom is 0.166 e. The van der Waals surface area contributed by atoms with E-state index in [9.17, 15) is 0 Å². The van der Waals surface area contributed by atoms with Crippen LogP contribution in [-0.2, 0) is 6.54 Å². The van der Waals surface area contributed by atoms with Crippen LogP contribution in [0.1, 0.15) is 25.3 Å². The second-order valence-electron chi connectivity index (χ2n) is 4.44. The monoisotopic (exact) mass is 234 g/mol. The summed E-state index contributed by atoms with van der Waals surface area (Å²) in [6.07, 6.45) is 2.69. The molecular formula is C13H18N2S. The molecule has 0 spiro atoms. The first-order chi connectivity index (χ1) is 7.75. The molecule has 0 amide bonds. The van der Waals surface area contributed by atoms with Crippen molar-refractivity contribution < 1.29 is 0 Å². The smallest absolute Gasteiger partial charge is 0.166 e. The number of hydrogen-bond acceptors (Lipinski definition) is 1. The van der Waals surface area contributed by atoms with Crippen LogP contribution in [0, 0.1) is 5.92 Å². The van der Waals surface area contributed by atoms with E-state index in [1.807, 2.05) is 18.2 Å². The molecule has 0 saturated heterocycles. The molecule has 1 aromatic carbocycles. The summed E-state index contributed by atoms with van der Waals surface area (Å²) in [5.41, 5.74) is 1.26. The number of thiocarbonyl (C=S) groups is 1. The molecule has 0 heterocycles. The van der Waals surface area contributed by atoms with Crippen LogP contribution >= 0.6 is 12.2 Å². The molecule has 0 bridgehead atoms. The van der Waals surface area contributed by atoms with Gasteiger partial charge in [0.25, 0.3) is 0 Å². The molecule has 2 rings (SSSR count). The topological polar surface area (TPSA) is 24.1 Å². The van der Waals surface area contributed by atoms with E-state index in [4.69, 9.17) is 12.2 Å². The average molecular weight is 234 g/mol. The number of hydrogen-bond donors (Lipinski definition) is 2. The first-order valence-electron chi connectivity index (χ1n) is 5.84. The van der Waals surface area contributed by atoms with Gasteiger partial charge in [-0.1, -0.05) is 30.3 Å². The zero-order valence-electron chi connectivity index (χ0n) is 9.57. The predicted molar refractivity (Wildman–Crippen MR) is 71.2 cm³/mol. The Morgan fingerprint density at radius 2 is 2.06 bits per heavy atom. The highest BCUT2D eigenvalue weighted by Crippen LogP contribution is 2.32. The van der Waals surface area contributed by atoms with Crippen LogP contribution in [-0.4, -0.2) is 11.2 Å². The maximum atomic E-state index is 5.25. The van der Waals surface area contributed by atoms with Gasteiger partial charge in [0.2, 0.25) is 0 Å². The minimum absolute atomic E-state index is 0.510. The van der Waals surface area contributed by atoms with Crippen LogP contribution in [0.15, 0.2) is 30.3 Å². The van der Waals surface area contributed by atoms with Crippen molar-refractivity contribution in [1.82, 2.24) is 10.6 Å². The highest BCUT2D eigenvalue weighted by atomic mass is 32.1. The van der Waals surface area contributed by atoms with E-state index in [0.29, 0.717) is 6.04 Å². The first-order valence-corrected chi connectivity index (χ1v) is 6.25. The lowest BCUT2D eigenvalue weighted by molar-refractivity contribution is 0.581. The van der Waals surface area contributed by atoms with Gasteiger partial charge in [-0.05, 0) is 43.5 Å². The lowest BCUT2D eigenvalue weighted by atomic mass is 10.2. The van der Waals surface area contributed by atoms with E-state index in [1.165, 1.54) is 18.4 Å². The third kappa shape index (κ3) is 3.49. The summed E-state index contributed by atoms with van der Waals surface area (Å²) in [6.45, 7) is 3.00. The van der Waals surface area contributed by atoms with Gasteiger partial charge < -0.3 is 10.6 Å². The normalized spacial score (nSPS) is 16.6. The van der Waals surface area contributed by atoms with E-state index in [1.54, 1.807) is 0 Å². The summed E-state index contributed by atoms with van der Waals surface area (Å²) in [7, 11) is 0. The summed E-state index contributed by atoms with van der Waals surface area (Å²) in [5.74, 6) is 0.830. The van der Waals surface area contributed by atoms with Gasteiger partial charge in [0.1, 0.15) is 0 Å². The van der Waals surface area contributed by atoms with Gasteiger partial charge in [-0.25, -0.2) is 0 Å². The summed E-state index contributed by atoms with van der Waals surface area (Å²) in [5, 5.41) is 7.33. The molecule has 0 aromatic heterocycles. The second-order valence-corrected chi connectivity index (χ2v) is 4.85. The summed E-state index contributed by atoms with van der Waals surface area (Å²) in [4.78, 5) is 0. The van der Waals surface area contributed by atoms with E-state index < -0.39 is 0 Å². The van der Waals surface area contributed by atoms with Crippen molar-refractivity contribution in [2.24, 2.45) is 5.92 Å². The molecule has 1 aromatic rings. The lowest BCUT2D eigenvalue weighted by Gasteiger charge is -2.16. The van der Waals surface area contributed by atoms with Crippen LogP contribution in [0.4, 0.5) is 0 Å². The van der Waals surface area contributed by atoms with Gasteiger partial charge in [0, 0.05) is 12.6 Å². The van der Waals surface area contributed by atoms with Crippen LogP contribution in [0.25, 0.3) is 0 Å². The van der Waals surface area contributed by atoms with E-state index in [0.717, 1.165) is 17.6 Å². The van der Waals surface area contributed by atoms with Crippen molar-refractivity contribution in [2.75, 3.05) is 0 Å². The van der Waals surface area contributed by atoms with Crippen LogP contribution < -0.4 is 10.6 Å². The van der Waals surface area contributed by atoms with Gasteiger partial charge >= 0.3 is 0 Å². The molecule has 2 N–H and O–H groups in total. The van der Waals surface area contributed by atoms with Gasteiger partial charge in [-0.15, -0.1) is 0 Å². The molecule has 1 atom stereocenters. The standard InChI is InChI=1S/C13H18N2S/c1-10(12-7-8-12)15-13(16)14-9-11-5-3-2-4-6-11/h2-6,10,12H,7-9H2,1H3,(H2,14,15,16)/t10-/m0/s1. The van der Waals surface area contributed by atoms with Crippen molar-refractivity contribution in [3.8, 4) is 0 Å². The number of benzene rings is 1. The van der Waals surface area contributed by atoms with Crippen LogP contribution in [0.2, 0.25) is 0 Å². The zero-order chi connectivity index (χ0) is 11.4. The summed E-state index contributed by atoms with van der Waals surface area (Å²) >= 11 is 5.25. The Labute approximate surface area is 102 Å². The van der Waals surface area contributed by atoms with Crippen molar-refractivity contribution >= 4 is 17.3 Å². The molecule has 1 saturated carbocycles. The van der Waals surface area contributed by atoms with E-state index in [-0.39, 0.29) is 0 Å². The van der Waals surface area contributed by atoms with Crippen LogP contribution in [0.5, 0.6) is 0 Å². The number of rotatable bonds is 4. The van der Waals surface area contributed by atoms with Crippen molar-refractivity contribution in [1.29, 1.82) is 0 Å². The first kappa shape index (κ1) is 11.4. The quantitative estimate of drug-likeness (QED) is 0.783. The fourth-order valence-corrected chi connectivity index (χ4v) is 2.01. The van der Waals surface area contributed by atoms with Gasteiger partial charge in [-0.3, -0.25) is 0 Å². The Morgan fingerprint density at radius 1 is 1.38 bits per heavy atom. The SMILES string of the molecule is C[C@H](NC(=S)NCc1ccccc1)C1CC1. The van der Waals surface area contributed by atoms with Gasteiger partial charge in [0.15, 0.2) is 5.11 Å². The molecule has 0 aliphatic heterocycles. The Hall–Kier alpha value is -1.09. The number of nitrogens with one attached hydrogen (secondary N) is 2. The molecule has 1 aliphatic carbocycles. The Bertz CT molecular complexity index is 346. The summed E-state index contributed by atoms with van der Waals surface area (Å²) in [6, 6.07) is 10.8. The maximum absolute atomic E-state index is 5.25. The zero-order valence-corrected chi connectivity index (χ0v) is 10.4. The minimum Gasteiger partial charge on any atom is -0.360 e. The van der Waals surface area contributed by atoms with E-state index in [2.05, 4.69) is 29.7 Å². The third-order valence-electron chi connectivity index (χ3n) is 2.98. The molecule has 2 nitrogen and oxygen atoms in total. The Kier molecular flexibility index (Phi) is 3.78. The third-order valence-corrected chi connectivity index (χ3v) is 3.25. The minimum atomic E-state index is 0.510. The van der Waals surface area contributed by atoms with Crippen molar-refractivity contribution in [2.45, 2.75) is 32.4 Å². The second kappa shape index (κ2) is 5.30. The highest BCUT2D eigenvalue weighted by molar-refractivity contribution is 7.80. The molecule has 0 radical (unpaired) electrons. The van der Waals surface area contributed by atoms with Gasteiger partial charge in [-0.2, -0.15) is 0 Å². The molecular weight excluding hydrogens is 216 g/mol. The summed E-state index contributed by atoms with van der Waals surface area (Å²) < 4.78 is 0. The Morgan fingerprint density at radius 3 is 2.69 bits per heavy atom. The predicted octanol–water partition coefficient (Wildman–Crippen LogP) is 2.45. The Balaban J connectivity index is 1.71. The molecule has 3 heteroatoms. The molecule has 1 aliphatic rings. The van der Waals surface area contributed by atoms with Crippen LogP contribution in [0.3, 0.4) is 0 Å². The fourth-order valence-electron chi connectivity index (χ4n) is 1.75.